The van der Waals surface area contributed by atoms with E-state index in [4.69, 9.17) is 0 Å². The van der Waals surface area contributed by atoms with Gasteiger partial charge in [-0.15, -0.1) is 17.0 Å². The maximum absolute atomic E-state index is 12.3. The van der Waals surface area contributed by atoms with Gasteiger partial charge in [-0.25, -0.2) is 4.90 Å². The normalized spacial score (nSPS) is 14.2. The number of carbonyl (C=O) groups excluding carboxylic acids is 2. The van der Waals surface area contributed by atoms with Crippen LogP contribution < -0.4 is 0 Å². The lowest BCUT2D eigenvalue weighted by Crippen LogP contribution is -2.55. The van der Waals surface area contributed by atoms with E-state index in [1.165, 1.54) is 4.90 Å². The van der Waals surface area contributed by atoms with Gasteiger partial charge in [0, 0.05) is 0 Å². The van der Waals surface area contributed by atoms with E-state index in [0.717, 1.165) is 24.1 Å². The molecule has 0 spiro atoms. The minimum absolute atomic E-state index is 0. The van der Waals surface area contributed by atoms with Gasteiger partial charge >= 0.3 is 0 Å². The first kappa shape index (κ1) is 16.9. The molecular formula is C15H22BrN2O2+. The number of benzene rings is 1. The summed E-state index contributed by atoms with van der Waals surface area (Å²) >= 11 is 0. The zero-order valence-corrected chi connectivity index (χ0v) is 14.0. The fourth-order valence-electron chi connectivity index (χ4n) is 2.64. The molecule has 4 nitrogen and oxygen atoms in total. The lowest BCUT2D eigenvalue weighted by molar-refractivity contribution is -0.929. The second-order valence-electron chi connectivity index (χ2n) is 5.02. The number of imide groups is 1. The van der Waals surface area contributed by atoms with Gasteiger partial charge in [0.25, 0.3) is 11.8 Å². The summed E-state index contributed by atoms with van der Waals surface area (Å²) in [4.78, 5) is 26.1. The average molecular weight is 342 g/mol. The lowest BCUT2D eigenvalue weighted by Gasteiger charge is -2.37. The topological polar surface area (TPSA) is 37.4 Å². The van der Waals surface area contributed by atoms with Crippen LogP contribution in [0.3, 0.4) is 0 Å². The molecule has 2 rings (SSSR count). The minimum Gasteiger partial charge on any atom is -0.307 e. The van der Waals surface area contributed by atoms with Crippen LogP contribution in [0.1, 0.15) is 41.5 Å². The largest absolute Gasteiger partial charge is 0.307 e. The zero-order chi connectivity index (χ0) is 14.0. The van der Waals surface area contributed by atoms with Gasteiger partial charge in [-0.3, -0.25) is 9.59 Å². The van der Waals surface area contributed by atoms with Crippen LogP contribution >= 0.6 is 17.0 Å². The highest BCUT2D eigenvalue weighted by atomic mass is 79.9. The molecule has 0 saturated carbocycles. The number of rotatable bonds is 5. The molecule has 0 saturated heterocycles. The zero-order valence-electron chi connectivity index (χ0n) is 12.3. The van der Waals surface area contributed by atoms with E-state index in [2.05, 4.69) is 20.8 Å². The summed E-state index contributed by atoms with van der Waals surface area (Å²) in [6.07, 6.45) is 0. The van der Waals surface area contributed by atoms with E-state index in [0.29, 0.717) is 17.8 Å². The fraction of sp³-hybridized carbons (Fsp3) is 0.467. The van der Waals surface area contributed by atoms with Crippen molar-refractivity contribution in [2.45, 2.75) is 20.8 Å². The molecule has 0 aliphatic carbocycles. The Labute approximate surface area is 130 Å². The van der Waals surface area contributed by atoms with Crippen LogP contribution in [0.15, 0.2) is 24.3 Å². The molecule has 0 atom stereocenters. The van der Waals surface area contributed by atoms with Crippen LogP contribution in [0.4, 0.5) is 0 Å². The van der Waals surface area contributed by atoms with Crippen LogP contribution in [0.2, 0.25) is 0 Å². The number of carbonyl (C=O) groups is 2. The van der Waals surface area contributed by atoms with Crippen molar-refractivity contribution in [3.8, 4) is 0 Å². The molecule has 20 heavy (non-hydrogen) atoms. The van der Waals surface area contributed by atoms with Gasteiger partial charge in [-0.2, -0.15) is 0 Å². The number of amides is 2. The molecule has 1 aliphatic rings. The first-order valence-electron chi connectivity index (χ1n) is 6.89. The second kappa shape index (κ2) is 6.50. The first-order chi connectivity index (χ1) is 9.08. The van der Waals surface area contributed by atoms with E-state index < -0.39 is 0 Å². The third kappa shape index (κ3) is 2.65. The summed E-state index contributed by atoms with van der Waals surface area (Å²) in [6.45, 7) is 9.53. The van der Waals surface area contributed by atoms with E-state index >= 15 is 0 Å². The SMILES string of the molecule is Br.CC[N+](CC)(CC)CN1C(=O)c2ccccc2C1=O. The van der Waals surface area contributed by atoms with Gasteiger partial charge < -0.3 is 4.48 Å². The molecule has 2 amide bonds. The number of fused-ring (bicyclic) bond motifs is 1. The molecule has 0 fully saturated rings. The van der Waals surface area contributed by atoms with Crippen LogP contribution in [0.5, 0.6) is 0 Å². The van der Waals surface area contributed by atoms with Gasteiger partial charge in [-0.1, -0.05) is 12.1 Å². The maximum Gasteiger partial charge on any atom is 0.265 e. The number of halogens is 1. The van der Waals surface area contributed by atoms with Crippen molar-refractivity contribution < 1.29 is 14.1 Å². The molecule has 1 aliphatic heterocycles. The quantitative estimate of drug-likeness (QED) is 0.609. The minimum atomic E-state index is -0.154. The third-order valence-electron chi connectivity index (χ3n) is 4.33. The molecule has 0 unspecified atom stereocenters. The van der Waals surface area contributed by atoms with E-state index in [-0.39, 0.29) is 28.8 Å². The third-order valence-corrected chi connectivity index (χ3v) is 4.33. The van der Waals surface area contributed by atoms with Crippen molar-refractivity contribution >= 4 is 28.8 Å². The van der Waals surface area contributed by atoms with Crippen molar-refractivity contribution in [1.29, 1.82) is 0 Å². The van der Waals surface area contributed by atoms with E-state index in [1.807, 2.05) is 0 Å². The molecule has 0 aromatic heterocycles. The Morgan fingerprint density at radius 2 is 1.30 bits per heavy atom. The first-order valence-corrected chi connectivity index (χ1v) is 6.89. The standard InChI is InChI=1S/C15H21N2O2.BrH/c1-4-17(5-2,6-3)11-16-14(18)12-9-7-8-10-13(12)15(16)19;/h7-10H,4-6,11H2,1-3H3;1H/q+1;. The number of hydrogen-bond acceptors (Lipinski definition) is 2. The van der Waals surface area contributed by atoms with Gasteiger partial charge in [0.15, 0.2) is 6.67 Å². The highest BCUT2D eigenvalue weighted by molar-refractivity contribution is 8.93. The summed E-state index contributed by atoms with van der Waals surface area (Å²) in [5.74, 6) is -0.308. The Morgan fingerprint density at radius 1 is 0.900 bits per heavy atom. The van der Waals surface area contributed by atoms with Gasteiger partial charge in [0.1, 0.15) is 0 Å². The second-order valence-corrected chi connectivity index (χ2v) is 5.02. The molecule has 110 valence electrons. The fourth-order valence-corrected chi connectivity index (χ4v) is 2.64. The Bertz CT molecular complexity index is 469. The predicted molar refractivity (Wildman–Crippen MR) is 84.0 cm³/mol. The van der Waals surface area contributed by atoms with Crippen LogP contribution in [-0.4, -0.2) is 47.5 Å². The smallest absolute Gasteiger partial charge is 0.265 e. The number of nitrogens with zero attached hydrogens (tertiary/aromatic N) is 2. The van der Waals surface area contributed by atoms with Crippen molar-refractivity contribution in [2.75, 3.05) is 26.3 Å². The van der Waals surface area contributed by atoms with Gasteiger partial charge in [-0.05, 0) is 32.9 Å². The summed E-state index contributed by atoms with van der Waals surface area (Å²) in [5, 5.41) is 0. The molecule has 0 bridgehead atoms. The van der Waals surface area contributed by atoms with Crippen molar-refractivity contribution in [2.24, 2.45) is 0 Å². The summed E-state index contributed by atoms with van der Waals surface area (Å²) in [5.41, 5.74) is 1.07. The number of hydrogen-bond donors (Lipinski definition) is 0. The van der Waals surface area contributed by atoms with Gasteiger partial charge in [0.05, 0.1) is 30.8 Å². The Morgan fingerprint density at radius 3 is 1.65 bits per heavy atom. The van der Waals surface area contributed by atoms with E-state index in [1.54, 1.807) is 24.3 Å². The van der Waals surface area contributed by atoms with Crippen molar-refractivity contribution in [1.82, 2.24) is 4.90 Å². The Hall–Kier alpha value is -1.20. The molecule has 0 N–H and O–H groups in total. The summed E-state index contributed by atoms with van der Waals surface area (Å²) in [7, 11) is 0. The maximum atomic E-state index is 12.3. The van der Waals surface area contributed by atoms with Gasteiger partial charge in [0.2, 0.25) is 0 Å². The highest BCUT2D eigenvalue weighted by Crippen LogP contribution is 2.24. The van der Waals surface area contributed by atoms with Crippen LogP contribution in [0.25, 0.3) is 0 Å². The number of quaternary nitrogens is 1. The van der Waals surface area contributed by atoms with Crippen LogP contribution in [-0.2, 0) is 0 Å². The molecule has 5 heteroatoms. The predicted octanol–water partition coefficient (Wildman–Crippen LogP) is 2.69. The average Bonchev–Trinajstić information content (AvgIpc) is 2.70. The summed E-state index contributed by atoms with van der Waals surface area (Å²) in [6, 6.07) is 7.06. The highest BCUT2D eigenvalue weighted by Gasteiger charge is 2.39. The summed E-state index contributed by atoms with van der Waals surface area (Å²) < 4.78 is 0.755. The Balaban J connectivity index is 0.00000200. The molecular weight excluding hydrogens is 320 g/mol. The monoisotopic (exact) mass is 341 g/mol. The molecule has 0 radical (unpaired) electrons. The Kier molecular flexibility index (Phi) is 5.48. The molecule has 1 heterocycles. The van der Waals surface area contributed by atoms with Crippen molar-refractivity contribution in [3.05, 3.63) is 35.4 Å². The van der Waals surface area contributed by atoms with Crippen molar-refractivity contribution in [3.63, 3.8) is 0 Å². The molecule has 1 aromatic rings. The lowest BCUT2D eigenvalue weighted by atomic mass is 10.1. The van der Waals surface area contributed by atoms with Crippen LogP contribution in [0, 0.1) is 0 Å². The van der Waals surface area contributed by atoms with E-state index in [9.17, 15) is 9.59 Å². The molecule has 1 aromatic carbocycles.